The molecule has 2 rings (SSSR count). The van der Waals surface area contributed by atoms with Crippen LogP contribution in [-0.4, -0.2) is 60.9 Å². The van der Waals surface area contributed by atoms with E-state index in [1.165, 1.54) is 0 Å². The third kappa shape index (κ3) is 2.12. The molecule has 2 unspecified atom stereocenters. The van der Waals surface area contributed by atoms with Crippen molar-refractivity contribution in [2.24, 2.45) is 0 Å². The van der Waals surface area contributed by atoms with Crippen LogP contribution >= 0.6 is 0 Å². The zero-order chi connectivity index (χ0) is 10.8. The summed E-state index contributed by atoms with van der Waals surface area (Å²) in [5.41, 5.74) is 0. The number of likely N-dealkylation sites (N-methyl/N-ethyl adjacent to an activating group) is 1. The van der Waals surface area contributed by atoms with Gasteiger partial charge in [-0.15, -0.1) is 0 Å². The van der Waals surface area contributed by atoms with Crippen molar-refractivity contribution >= 4 is 12.3 Å². The molecule has 0 spiro atoms. The molecule has 0 aliphatic carbocycles. The van der Waals surface area contributed by atoms with Crippen LogP contribution in [0.4, 0.5) is 0 Å². The van der Waals surface area contributed by atoms with Gasteiger partial charge in [-0.2, -0.15) is 0 Å². The molecular formula is C10H17N3O2. The van der Waals surface area contributed by atoms with Crippen molar-refractivity contribution in [1.82, 2.24) is 15.1 Å². The van der Waals surface area contributed by atoms with E-state index in [2.05, 4.69) is 5.32 Å². The lowest BCUT2D eigenvalue weighted by Gasteiger charge is -2.36. The van der Waals surface area contributed by atoms with Crippen molar-refractivity contribution in [3.63, 3.8) is 0 Å². The summed E-state index contributed by atoms with van der Waals surface area (Å²) in [7, 11) is 1.96. The molecule has 2 fully saturated rings. The minimum absolute atomic E-state index is 0.0512. The highest BCUT2D eigenvalue weighted by molar-refractivity contribution is 5.83. The molecule has 2 atom stereocenters. The molecule has 0 saturated carbocycles. The van der Waals surface area contributed by atoms with Crippen molar-refractivity contribution in [3.05, 3.63) is 0 Å². The maximum absolute atomic E-state index is 11.7. The molecule has 2 aliphatic rings. The Hall–Kier alpha value is -1.10. The summed E-state index contributed by atoms with van der Waals surface area (Å²) >= 11 is 0. The summed E-state index contributed by atoms with van der Waals surface area (Å²) < 4.78 is 0. The van der Waals surface area contributed by atoms with Gasteiger partial charge in [-0.1, -0.05) is 0 Å². The Morgan fingerprint density at radius 2 is 2.20 bits per heavy atom. The van der Waals surface area contributed by atoms with Crippen LogP contribution in [0.1, 0.15) is 12.8 Å². The number of hydrogen-bond acceptors (Lipinski definition) is 3. The highest BCUT2D eigenvalue weighted by atomic mass is 16.2. The van der Waals surface area contributed by atoms with Crippen LogP contribution in [0.15, 0.2) is 0 Å². The standard InChI is InChI=1S/C10H17N3O2/c1-12-4-3-9(12)10(15)11-8-2-5-13(6-8)7-14/h7-9H,2-6H2,1H3,(H,11,15). The minimum Gasteiger partial charge on any atom is -0.350 e. The van der Waals surface area contributed by atoms with Gasteiger partial charge in [-0.25, -0.2) is 0 Å². The Labute approximate surface area is 89.4 Å². The Balaban J connectivity index is 1.77. The van der Waals surface area contributed by atoms with E-state index >= 15 is 0 Å². The smallest absolute Gasteiger partial charge is 0.237 e. The summed E-state index contributed by atoms with van der Waals surface area (Å²) in [4.78, 5) is 26.0. The van der Waals surface area contributed by atoms with Gasteiger partial charge < -0.3 is 10.2 Å². The lowest BCUT2D eigenvalue weighted by Crippen LogP contribution is -2.56. The van der Waals surface area contributed by atoms with E-state index < -0.39 is 0 Å². The van der Waals surface area contributed by atoms with Gasteiger partial charge in [0.2, 0.25) is 12.3 Å². The van der Waals surface area contributed by atoms with E-state index in [1.807, 2.05) is 11.9 Å². The molecule has 0 aromatic rings. The third-order valence-corrected chi connectivity index (χ3v) is 3.31. The highest BCUT2D eigenvalue weighted by Gasteiger charge is 2.33. The summed E-state index contributed by atoms with van der Waals surface area (Å²) in [5.74, 6) is 0.112. The quantitative estimate of drug-likeness (QED) is 0.612. The number of likely N-dealkylation sites (tertiary alicyclic amines) is 2. The Morgan fingerprint density at radius 3 is 2.67 bits per heavy atom. The summed E-state index contributed by atoms with van der Waals surface area (Å²) in [6, 6.07) is 0.201. The fourth-order valence-corrected chi connectivity index (χ4v) is 2.15. The van der Waals surface area contributed by atoms with Crippen LogP contribution in [0.25, 0.3) is 0 Å². The first kappa shape index (κ1) is 10.4. The third-order valence-electron chi connectivity index (χ3n) is 3.31. The van der Waals surface area contributed by atoms with Crippen LogP contribution in [0.3, 0.4) is 0 Å². The first-order valence-corrected chi connectivity index (χ1v) is 5.40. The van der Waals surface area contributed by atoms with Crippen molar-refractivity contribution in [3.8, 4) is 0 Å². The predicted molar refractivity (Wildman–Crippen MR) is 55.2 cm³/mol. The molecule has 0 radical (unpaired) electrons. The summed E-state index contributed by atoms with van der Waals surface area (Å²) in [6.45, 7) is 2.42. The maximum Gasteiger partial charge on any atom is 0.237 e. The monoisotopic (exact) mass is 211 g/mol. The fraction of sp³-hybridized carbons (Fsp3) is 0.800. The van der Waals surface area contributed by atoms with Gasteiger partial charge in [-0.05, 0) is 19.9 Å². The molecule has 2 aliphatic heterocycles. The molecule has 0 bridgehead atoms. The Morgan fingerprint density at radius 1 is 1.40 bits per heavy atom. The molecule has 2 amide bonds. The van der Waals surface area contributed by atoms with E-state index in [9.17, 15) is 9.59 Å². The average molecular weight is 211 g/mol. The molecule has 5 nitrogen and oxygen atoms in total. The van der Waals surface area contributed by atoms with E-state index in [-0.39, 0.29) is 18.0 Å². The fourth-order valence-electron chi connectivity index (χ4n) is 2.15. The van der Waals surface area contributed by atoms with Gasteiger partial charge in [0.05, 0.1) is 6.04 Å². The topological polar surface area (TPSA) is 52.7 Å². The molecule has 2 heterocycles. The van der Waals surface area contributed by atoms with E-state index in [0.29, 0.717) is 6.54 Å². The average Bonchev–Trinajstić information content (AvgIpc) is 2.63. The Bertz CT molecular complexity index is 269. The second-order valence-corrected chi connectivity index (χ2v) is 4.38. The van der Waals surface area contributed by atoms with Gasteiger partial charge >= 0.3 is 0 Å². The number of rotatable bonds is 3. The lowest BCUT2D eigenvalue weighted by atomic mass is 10.0. The minimum atomic E-state index is 0.0512. The number of nitrogens with zero attached hydrogens (tertiary/aromatic N) is 2. The molecule has 84 valence electrons. The molecule has 5 heteroatoms. The molecule has 1 N–H and O–H groups in total. The van der Waals surface area contributed by atoms with Crippen molar-refractivity contribution in [1.29, 1.82) is 0 Å². The van der Waals surface area contributed by atoms with Crippen molar-refractivity contribution < 1.29 is 9.59 Å². The van der Waals surface area contributed by atoms with Gasteiger partial charge in [0, 0.05) is 25.7 Å². The van der Waals surface area contributed by atoms with Gasteiger partial charge in [0.25, 0.3) is 0 Å². The van der Waals surface area contributed by atoms with E-state index in [1.54, 1.807) is 4.90 Å². The van der Waals surface area contributed by atoms with E-state index in [0.717, 1.165) is 32.3 Å². The summed E-state index contributed by atoms with van der Waals surface area (Å²) in [6.07, 6.45) is 2.68. The highest BCUT2D eigenvalue weighted by Crippen LogP contribution is 2.15. The largest absolute Gasteiger partial charge is 0.350 e. The van der Waals surface area contributed by atoms with Crippen molar-refractivity contribution in [2.45, 2.75) is 24.9 Å². The van der Waals surface area contributed by atoms with Gasteiger partial charge in [0.1, 0.15) is 0 Å². The lowest BCUT2D eigenvalue weighted by molar-refractivity contribution is -0.130. The Kier molecular flexibility index (Phi) is 2.90. The number of carbonyl (C=O) groups excluding carboxylic acids is 2. The zero-order valence-electron chi connectivity index (χ0n) is 8.98. The predicted octanol–water partition coefficient (Wildman–Crippen LogP) is -0.963. The molecule has 2 saturated heterocycles. The maximum atomic E-state index is 11.7. The SMILES string of the molecule is CN1CCC1C(=O)NC1CCN(C=O)C1. The molecule has 0 aromatic heterocycles. The first-order valence-electron chi connectivity index (χ1n) is 5.40. The van der Waals surface area contributed by atoms with Crippen LogP contribution in [0, 0.1) is 0 Å². The van der Waals surface area contributed by atoms with Crippen LogP contribution in [0.2, 0.25) is 0 Å². The zero-order valence-corrected chi connectivity index (χ0v) is 8.98. The van der Waals surface area contributed by atoms with Crippen LogP contribution < -0.4 is 5.32 Å². The number of carbonyl (C=O) groups is 2. The second kappa shape index (κ2) is 4.18. The normalized spacial score (nSPS) is 31.1. The van der Waals surface area contributed by atoms with Crippen LogP contribution in [-0.2, 0) is 9.59 Å². The van der Waals surface area contributed by atoms with Crippen LogP contribution in [0.5, 0.6) is 0 Å². The van der Waals surface area contributed by atoms with Crippen molar-refractivity contribution in [2.75, 3.05) is 26.7 Å². The number of hydrogen-bond donors (Lipinski definition) is 1. The first-order chi connectivity index (χ1) is 7.20. The van der Waals surface area contributed by atoms with Gasteiger partial charge in [0.15, 0.2) is 0 Å². The molecular weight excluding hydrogens is 194 g/mol. The second-order valence-electron chi connectivity index (χ2n) is 4.38. The number of nitrogens with one attached hydrogen (secondary N) is 1. The van der Waals surface area contributed by atoms with Gasteiger partial charge in [-0.3, -0.25) is 14.5 Å². The number of amides is 2. The molecule has 0 aromatic carbocycles. The molecule has 15 heavy (non-hydrogen) atoms. The summed E-state index contributed by atoms with van der Waals surface area (Å²) in [5, 5.41) is 2.99. The van der Waals surface area contributed by atoms with E-state index in [4.69, 9.17) is 0 Å².